The summed E-state index contributed by atoms with van der Waals surface area (Å²) in [5, 5.41) is 17.8. The average molecular weight is 535 g/mol. The minimum Gasteiger partial charge on any atom is -0.506 e. The number of hydrogen-bond donors (Lipinski definition) is 3. The molecule has 29 heavy (non-hydrogen) atoms. The van der Waals surface area contributed by atoms with E-state index in [-0.39, 0.29) is 17.6 Å². The second kappa shape index (κ2) is 7.74. The molecule has 4 rings (SSSR count). The van der Waals surface area contributed by atoms with Crippen molar-refractivity contribution in [2.24, 2.45) is 0 Å². The van der Waals surface area contributed by atoms with Gasteiger partial charge in [0, 0.05) is 34.7 Å². The zero-order chi connectivity index (χ0) is 20.7. The Bertz CT molecular complexity index is 1180. The van der Waals surface area contributed by atoms with E-state index in [1.165, 1.54) is 18.3 Å². The molecule has 3 N–H and O–H groups in total. The number of rotatable bonds is 3. The van der Waals surface area contributed by atoms with Gasteiger partial charge in [0.15, 0.2) is 5.13 Å². The first-order valence-electron chi connectivity index (χ1n) is 8.41. The molecule has 6 nitrogen and oxygen atoms in total. The first kappa shape index (κ1) is 19.8. The fraction of sp³-hybridized carbons (Fsp3) is 0.0500. The predicted molar refractivity (Wildman–Crippen MR) is 122 cm³/mol. The monoisotopic (exact) mass is 533 g/mol. The van der Waals surface area contributed by atoms with Gasteiger partial charge in [0.25, 0.3) is 5.91 Å². The topological polar surface area (TPSA) is 91.3 Å². The summed E-state index contributed by atoms with van der Waals surface area (Å²) in [5.74, 6) is -0.273. The summed E-state index contributed by atoms with van der Waals surface area (Å²) in [6, 6.07) is 9.09. The average Bonchev–Trinajstić information content (AvgIpc) is 3.23. The van der Waals surface area contributed by atoms with Gasteiger partial charge >= 0.3 is 0 Å². The number of aromatic hydroxyl groups is 1. The van der Waals surface area contributed by atoms with Crippen molar-refractivity contribution in [1.82, 2.24) is 4.98 Å². The lowest BCUT2D eigenvalue weighted by atomic mass is 10.0. The van der Waals surface area contributed by atoms with Crippen molar-refractivity contribution in [3.8, 4) is 17.0 Å². The van der Waals surface area contributed by atoms with Crippen LogP contribution in [0.5, 0.6) is 5.75 Å². The SMILES string of the molecule is CC(=O)Nc1nc(-c2ccc3c(c2)C(=Cc2cc(Br)c(O)c(Br)c2)C(=O)N3)cs1. The largest absolute Gasteiger partial charge is 0.506 e. The van der Waals surface area contributed by atoms with Crippen molar-refractivity contribution in [3.05, 3.63) is 55.8 Å². The van der Waals surface area contributed by atoms with Gasteiger partial charge in [-0.1, -0.05) is 6.07 Å². The molecule has 1 aromatic heterocycles. The van der Waals surface area contributed by atoms with Gasteiger partial charge in [-0.3, -0.25) is 9.59 Å². The summed E-state index contributed by atoms with van der Waals surface area (Å²) < 4.78 is 1.05. The number of carbonyl (C=O) groups is 2. The second-order valence-corrected chi connectivity index (χ2v) is 8.89. The molecule has 0 radical (unpaired) electrons. The van der Waals surface area contributed by atoms with Gasteiger partial charge in [0.1, 0.15) is 5.75 Å². The molecule has 0 aliphatic carbocycles. The van der Waals surface area contributed by atoms with E-state index in [0.717, 1.165) is 28.1 Å². The maximum absolute atomic E-state index is 12.5. The number of halogens is 2. The van der Waals surface area contributed by atoms with Crippen LogP contribution < -0.4 is 10.6 Å². The van der Waals surface area contributed by atoms with E-state index in [9.17, 15) is 14.7 Å². The van der Waals surface area contributed by atoms with Gasteiger partial charge in [-0.25, -0.2) is 4.98 Å². The van der Waals surface area contributed by atoms with E-state index in [1.54, 1.807) is 18.2 Å². The van der Waals surface area contributed by atoms with Crippen molar-refractivity contribution in [3.63, 3.8) is 0 Å². The Labute approximate surface area is 186 Å². The molecule has 2 heterocycles. The van der Waals surface area contributed by atoms with Gasteiger partial charge in [-0.15, -0.1) is 11.3 Å². The fourth-order valence-corrected chi connectivity index (χ4v) is 4.93. The van der Waals surface area contributed by atoms with Crippen LogP contribution in [0.1, 0.15) is 18.1 Å². The van der Waals surface area contributed by atoms with Gasteiger partial charge in [0.2, 0.25) is 5.91 Å². The molecule has 9 heteroatoms. The van der Waals surface area contributed by atoms with Crippen LogP contribution in [0.25, 0.3) is 22.9 Å². The highest BCUT2D eigenvalue weighted by atomic mass is 79.9. The molecule has 2 amide bonds. The number of thiazole rings is 1. The van der Waals surface area contributed by atoms with Crippen LogP contribution in [0, 0.1) is 0 Å². The number of nitrogens with one attached hydrogen (secondary N) is 2. The number of hydrogen-bond acceptors (Lipinski definition) is 5. The molecule has 0 atom stereocenters. The summed E-state index contributed by atoms with van der Waals surface area (Å²) in [4.78, 5) is 28.2. The first-order chi connectivity index (χ1) is 13.8. The van der Waals surface area contributed by atoms with E-state index in [0.29, 0.717) is 19.7 Å². The van der Waals surface area contributed by atoms with Gasteiger partial charge < -0.3 is 15.7 Å². The van der Waals surface area contributed by atoms with E-state index in [4.69, 9.17) is 0 Å². The highest BCUT2D eigenvalue weighted by Gasteiger charge is 2.25. The summed E-state index contributed by atoms with van der Waals surface area (Å²) >= 11 is 7.96. The van der Waals surface area contributed by atoms with Gasteiger partial charge in [-0.05, 0) is 67.8 Å². The highest BCUT2D eigenvalue weighted by molar-refractivity contribution is 9.11. The molecule has 146 valence electrons. The van der Waals surface area contributed by atoms with E-state index >= 15 is 0 Å². The number of phenols is 1. The third-order valence-corrected chi connectivity index (χ3v) is 6.20. The summed E-state index contributed by atoms with van der Waals surface area (Å²) in [7, 11) is 0. The zero-order valence-corrected chi connectivity index (χ0v) is 18.9. The predicted octanol–water partition coefficient (Wildman–Crippen LogP) is 5.49. The molecule has 3 aromatic rings. The Morgan fingerprint density at radius 2 is 1.97 bits per heavy atom. The van der Waals surface area contributed by atoms with Gasteiger partial charge in [0.05, 0.1) is 14.6 Å². The standard InChI is InChI=1S/C20H13Br2N3O3S/c1-9(26)23-20-25-17(8-29-20)11-2-3-16-12(7-11)13(19(28)24-16)4-10-5-14(21)18(27)15(22)6-10/h2-8,27H,1H3,(H,24,28)(H,23,25,26). The number of carbonyl (C=O) groups excluding carboxylic acids is 2. The lowest BCUT2D eigenvalue weighted by Crippen LogP contribution is -2.04. The minimum absolute atomic E-state index is 0.101. The number of phenolic OH excluding ortho intramolecular Hbond substituents is 1. The second-order valence-electron chi connectivity index (χ2n) is 6.32. The van der Waals surface area contributed by atoms with Crippen LogP contribution in [0.3, 0.4) is 0 Å². The van der Waals surface area contributed by atoms with Gasteiger partial charge in [-0.2, -0.15) is 0 Å². The molecule has 0 fully saturated rings. The van der Waals surface area contributed by atoms with Crippen molar-refractivity contribution in [2.45, 2.75) is 6.92 Å². The lowest BCUT2D eigenvalue weighted by Gasteiger charge is -2.05. The third-order valence-electron chi connectivity index (χ3n) is 4.24. The number of nitrogens with zero attached hydrogens (tertiary/aromatic N) is 1. The first-order valence-corrected chi connectivity index (χ1v) is 10.9. The zero-order valence-electron chi connectivity index (χ0n) is 14.9. The van der Waals surface area contributed by atoms with Crippen LogP contribution in [-0.4, -0.2) is 21.9 Å². The quantitative estimate of drug-likeness (QED) is 0.387. The van der Waals surface area contributed by atoms with Crippen molar-refractivity contribution >= 4 is 77.5 Å². The Morgan fingerprint density at radius 3 is 2.66 bits per heavy atom. The van der Waals surface area contributed by atoms with E-state index in [2.05, 4.69) is 47.5 Å². The molecule has 2 aromatic carbocycles. The number of benzene rings is 2. The Morgan fingerprint density at radius 1 is 1.24 bits per heavy atom. The van der Waals surface area contributed by atoms with Crippen molar-refractivity contribution in [2.75, 3.05) is 10.6 Å². The highest BCUT2D eigenvalue weighted by Crippen LogP contribution is 2.39. The number of anilines is 2. The van der Waals surface area contributed by atoms with Crippen molar-refractivity contribution in [1.29, 1.82) is 0 Å². The molecule has 0 saturated heterocycles. The molecule has 0 bridgehead atoms. The van der Waals surface area contributed by atoms with E-state index in [1.807, 2.05) is 23.6 Å². The lowest BCUT2D eigenvalue weighted by molar-refractivity contribution is -0.114. The molecular weight excluding hydrogens is 522 g/mol. The molecule has 0 unspecified atom stereocenters. The van der Waals surface area contributed by atoms with Crippen LogP contribution in [0.15, 0.2) is 44.7 Å². The summed E-state index contributed by atoms with van der Waals surface area (Å²) in [6.45, 7) is 1.44. The Hall–Kier alpha value is -2.49. The maximum Gasteiger partial charge on any atom is 0.256 e. The smallest absolute Gasteiger partial charge is 0.256 e. The Kier molecular flexibility index (Phi) is 5.28. The molecule has 0 spiro atoms. The van der Waals surface area contributed by atoms with Crippen LogP contribution >= 0.6 is 43.2 Å². The van der Waals surface area contributed by atoms with Crippen molar-refractivity contribution < 1.29 is 14.7 Å². The summed E-state index contributed by atoms with van der Waals surface area (Å²) in [5.41, 5.74) is 4.32. The van der Waals surface area contributed by atoms with Crippen LogP contribution in [0.2, 0.25) is 0 Å². The fourth-order valence-electron chi connectivity index (χ4n) is 2.94. The molecule has 0 saturated carbocycles. The number of aromatic nitrogens is 1. The molecule has 1 aliphatic rings. The number of fused-ring (bicyclic) bond motifs is 1. The molecular formula is C20H13Br2N3O3S. The normalized spacial score (nSPS) is 14.0. The van der Waals surface area contributed by atoms with E-state index < -0.39 is 0 Å². The summed E-state index contributed by atoms with van der Waals surface area (Å²) in [6.07, 6.45) is 1.77. The Balaban J connectivity index is 1.74. The minimum atomic E-state index is -0.199. The van der Waals surface area contributed by atoms with Crippen LogP contribution in [0.4, 0.5) is 10.8 Å². The number of amides is 2. The third kappa shape index (κ3) is 3.98. The molecule has 1 aliphatic heterocycles. The van der Waals surface area contributed by atoms with Crippen LogP contribution in [-0.2, 0) is 9.59 Å². The maximum atomic E-state index is 12.5.